The van der Waals surface area contributed by atoms with Gasteiger partial charge in [0.2, 0.25) is 11.8 Å². The third-order valence-corrected chi connectivity index (χ3v) is 13.7. The van der Waals surface area contributed by atoms with Crippen molar-refractivity contribution in [1.29, 1.82) is 0 Å². The van der Waals surface area contributed by atoms with Gasteiger partial charge in [0, 0.05) is 45.6 Å². The number of guanidine groups is 1. The number of nitrogens with two attached hydrogens (primary N) is 1. The van der Waals surface area contributed by atoms with Crippen molar-refractivity contribution < 1.29 is 73.6 Å². The van der Waals surface area contributed by atoms with Gasteiger partial charge in [-0.25, -0.2) is 14.4 Å². The van der Waals surface area contributed by atoms with Gasteiger partial charge in [-0.15, -0.1) is 0 Å². The molecule has 1 aromatic heterocycles. The lowest BCUT2D eigenvalue weighted by Gasteiger charge is -2.39. The summed E-state index contributed by atoms with van der Waals surface area (Å²) in [4.78, 5) is 99.5. The topological polar surface area (TPSA) is 412 Å². The van der Waals surface area contributed by atoms with Crippen LogP contribution < -0.4 is 48.9 Å². The summed E-state index contributed by atoms with van der Waals surface area (Å²) in [7, 11) is 1.30. The van der Waals surface area contributed by atoms with Gasteiger partial charge in [0.15, 0.2) is 18.5 Å². The molecule has 15 atom stereocenters. The number of urea groups is 1. The van der Waals surface area contributed by atoms with E-state index in [0.29, 0.717) is 19.4 Å². The fourth-order valence-corrected chi connectivity index (χ4v) is 9.34. The second-order valence-corrected chi connectivity index (χ2v) is 20.1. The summed E-state index contributed by atoms with van der Waals surface area (Å²) in [6.45, 7) is 11.2. The van der Waals surface area contributed by atoms with Gasteiger partial charge in [-0.1, -0.05) is 67.2 Å². The van der Waals surface area contributed by atoms with E-state index in [2.05, 4.69) is 48.8 Å². The van der Waals surface area contributed by atoms with Crippen LogP contribution in [0, 0.1) is 11.8 Å². The molecule has 3 aliphatic rings. The molecule has 432 valence electrons. The summed E-state index contributed by atoms with van der Waals surface area (Å²) in [6, 6.07) is -6.98. The summed E-state index contributed by atoms with van der Waals surface area (Å²) in [5.74, 6) is -5.69. The molecule has 28 heteroatoms. The maximum absolute atomic E-state index is 14.1. The molecule has 2 saturated heterocycles. The molecule has 4 heterocycles. The van der Waals surface area contributed by atoms with Crippen molar-refractivity contribution in [2.24, 2.45) is 22.6 Å². The van der Waals surface area contributed by atoms with Gasteiger partial charge in [0.1, 0.15) is 66.9 Å². The summed E-state index contributed by atoms with van der Waals surface area (Å²) in [5.41, 5.74) is 4.18. The Hall–Kier alpha value is -5.30. The van der Waals surface area contributed by atoms with Gasteiger partial charge >= 0.3 is 23.7 Å². The van der Waals surface area contributed by atoms with Crippen LogP contribution in [0.1, 0.15) is 99.1 Å². The van der Waals surface area contributed by atoms with Crippen LogP contribution in [-0.2, 0) is 38.1 Å². The maximum atomic E-state index is 14.1. The van der Waals surface area contributed by atoms with E-state index in [1.54, 1.807) is 27.7 Å². The smallest absolute Gasteiger partial charge is 0.330 e. The molecule has 0 bridgehead atoms. The van der Waals surface area contributed by atoms with Crippen LogP contribution in [0.5, 0.6) is 0 Å². The Balaban J connectivity index is 1.63. The number of carbonyl (C=O) groups excluding carboxylic acids is 3. The number of aromatic nitrogens is 2. The molecule has 1 aromatic rings. The van der Waals surface area contributed by atoms with Crippen molar-refractivity contribution in [2.75, 3.05) is 46.4 Å². The summed E-state index contributed by atoms with van der Waals surface area (Å²) >= 11 is 0. The number of carboxylic acids is 2. The lowest BCUT2D eigenvalue weighted by molar-refractivity contribution is -0.238. The number of aliphatic hydroxyl groups is 4. The zero-order valence-electron chi connectivity index (χ0n) is 44.5. The highest BCUT2D eigenvalue weighted by Crippen LogP contribution is 2.36. The number of H-pyrrole nitrogens is 1. The number of aliphatic imine (C=N–C) groups is 1. The average molecular weight is 1090 g/mol. The van der Waals surface area contributed by atoms with Gasteiger partial charge in [0.05, 0.1) is 12.1 Å². The normalized spacial score (nSPS) is 26.0. The van der Waals surface area contributed by atoms with Crippen LogP contribution in [0.15, 0.2) is 26.8 Å². The number of ether oxygens (including phenoxy) is 4. The van der Waals surface area contributed by atoms with Crippen LogP contribution in [-0.4, -0.2) is 213 Å². The van der Waals surface area contributed by atoms with Crippen LogP contribution in [0.3, 0.4) is 0 Å². The van der Waals surface area contributed by atoms with E-state index in [1.165, 1.54) is 12.0 Å². The molecule has 4 amide bonds. The molecule has 0 radical (unpaired) electrons. The number of carboxylic acid groups (broad SMARTS) is 2. The number of rotatable bonds is 32. The van der Waals surface area contributed by atoms with Gasteiger partial charge in [-0.05, 0) is 50.6 Å². The minimum atomic E-state index is -1.90. The van der Waals surface area contributed by atoms with Crippen LogP contribution in [0.25, 0.3) is 0 Å². The van der Waals surface area contributed by atoms with E-state index >= 15 is 0 Å². The standard InChI is InChI=1S/C48H83N11O17/c1-8-10-12-17-50-23-27-34(62)39(73-7)45(74-27)76-37(38-35(63)36(64)42(75-38)59-22-16-28(60)54-48(59)72)32(44(69)70)58(20-13-11-9-2)21-14-18-51-40(65)31(33(61)25(5)6)55-41(66)30(26-15-19-52-46(49)53-26)57-47(71)56-29(24(3)4)43(67)68/h16,22,24-27,29-39,42,45,50,61-64H,8-15,17-21,23H2,1-7H3,(H,51,65)(H,55,66)(H,67,68)(H,69,70)(H3,49,52,53)(H,54,60,72)(H2,56,57,71)/t26?,27-,29?,30?,31?,32?,33?,34-,35+,36-,37?,38+,39-,42-,45?/m1/s1. The van der Waals surface area contributed by atoms with Crippen molar-refractivity contribution in [2.45, 2.75) is 184 Å². The Kier molecular flexibility index (Phi) is 25.5. The molecule has 15 N–H and O–H groups in total. The molecule has 8 unspecified atom stereocenters. The number of unbranched alkanes of at least 4 members (excludes halogenated alkanes) is 4. The van der Waals surface area contributed by atoms with E-state index in [1.807, 2.05) is 6.92 Å². The Morgan fingerprint density at radius 2 is 1.55 bits per heavy atom. The predicted octanol–water partition coefficient (Wildman–Crippen LogP) is -3.17. The SMILES string of the molecule is CCCCCNC[C@H]1OC(OC(C(C(=O)O)N(CCCCC)CCCNC(=O)C(NC(=O)C(NC(=O)NC(C(=O)O)C(C)C)C2CCN=C(N)N2)C(O)C(C)C)[C@H]2O[C@@H](n3ccc(=O)[nH]c3=O)[C@H](O)[C@@H]2O)[C@H](OC)[C@@H]1O. The third-order valence-electron chi connectivity index (χ3n) is 13.7. The number of nitrogens with zero attached hydrogens (tertiary/aromatic N) is 3. The van der Waals surface area contributed by atoms with Crippen molar-refractivity contribution in [1.82, 2.24) is 46.4 Å². The van der Waals surface area contributed by atoms with Crippen molar-refractivity contribution in [3.63, 3.8) is 0 Å². The van der Waals surface area contributed by atoms with E-state index in [0.717, 1.165) is 42.5 Å². The fourth-order valence-electron chi connectivity index (χ4n) is 9.34. The number of hydrogen-bond donors (Lipinski definition) is 14. The summed E-state index contributed by atoms with van der Waals surface area (Å²) in [6.07, 6.45) is -9.16. The molecule has 2 fully saturated rings. The van der Waals surface area contributed by atoms with Gasteiger partial charge in [-0.3, -0.25) is 38.6 Å². The minimum Gasteiger partial charge on any atom is -0.480 e. The first kappa shape index (κ1) is 63.2. The number of amides is 4. The zero-order chi connectivity index (χ0) is 56.4. The Bertz CT molecular complexity index is 2180. The molecule has 0 saturated carbocycles. The van der Waals surface area contributed by atoms with Gasteiger partial charge < -0.3 is 87.2 Å². The largest absolute Gasteiger partial charge is 0.480 e. The number of hydrogen-bond acceptors (Lipinski definition) is 20. The van der Waals surface area contributed by atoms with Crippen LogP contribution >= 0.6 is 0 Å². The second kappa shape index (κ2) is 30.6. The molecule has 0 aliphatic carbocycles. The van der Waals surface area contributed by atoms with E-state index in [9.17, 15) is 64.2 Å². The van der Waals surface area contributed by atoms with E-state index < -0.39 is 144 Å². The Labute approximate surface area is 441 Å². The Morgan fingerprint density at radius 3 is 2.16 bits per heavy atom. The number of aliphatic carboxylic acids is 2. The molecule has 76 heavy (non-hydrogen) atoms. The van der Waals surface area contributed by atoms with Crippen molar-refractivity contribution in [3.05, 3.63) is 33.1 Å². The second-order valence-electron chi connectivity index (χ2n) is 20.1. The van der Waals surface area contributed by atoms with Crippen molar-refractivity contribution >= 4 is 35.7 Å². The first-order valence-corrected chi connectivity index (χ1v) is 26.2. The zero-order valence-corrected chi connectivity index (χ0v) is 44.5. The molecule has 28 nitrogen and oxygen atoms in total. The van der Waals surface area contributed by atoms with Crippen LogP contribution in [0.4, 0.5) is 4.79 Å². The van der Waals surface area contributed by atoms with Crippen LogP contribution in [0.2, 0.25) is 0 Å². The first-order chi connectivity index (χ1) is 36.1. The maximum Gasteiger partial charge on any atom is 0.330 e. The predicted molar refractivity (Wildman–Crippen MR) is 273 cm³/mol. The number of nitrogens with one attached hydrogen (secondary N) is 7. The minimum absolute atomic E-state index is 0.0268. The van der Waals surface area contributed by atoms with E-state index in [-0.39, 0.29) is 51.5 Å². The van der Waals surface area contributed by atoms with E-state index in [4.69, 9.17) is 24.7 Å². The number of aliphatic hydroxyl groups excluding tert-OH is 4. The molecule has 0 spiro atoms. The number of carbonyl (C=O) groups is 5. The third kappa shape index (κ3) is 17.4. The van der Waals surface area contributed by atoms with Gasteiger partial charge in [-0.2, -0.15) is 0 Å². The molecule has 3 aliphatic heterocycles. The highest BCUT2D eigenvalue weighted by molar-refractivity contribution is 5.94. The average Bonchev–Trinajstić information content (AvgIpc) is 3.83. The lowest BCUT2D eigenvalue weighted by atomic mass is 9.96. The highest BCUT2D eigenvalue weighted by atomic mass is 16.7. The monoisotopic (exact) mass is 1090 g/mol. The molecule has 0 aromatic carbocycles. The molecule has 4 rings (SSSR count). The van der Waals surface area contributed by atoms with Gasteiger partial charge in [0.25, 0.3) is 5.56 Å². The fraction of sp³-hybridized carbons (Fsp3) is 0.792. The number of methoxy groups -OCH3 is 1. The lowest BCUT2D eigenvalue weighted by Crippen LogP contribution is -2.66. The summed E-state index contributed by atoms with van der Waals surface area (Å²) in [5, 5.41) is 82.8. The highest BCUT2D eigenvalue weighted by Gasteiger charge is 2.55. The number of aromatic amines is 1. The molecular formula is C48H83N11O17. The summed E-state index contributed by atoms with van der Waals surface area (Å²) < 4.78 is 25.3. The first-order valence-electron chi connectivity index (χ1n) is 26.2. The quantitative estimate of drug-likeness (QED) is 0.0317. The van der Waals surface area contributed by atoms with Crippen molar-refractivity contribution in [3.8, 4) is 0 Å². The molecular weight excluding hydrogens is 1000 g/mol. The Morgan fingerprint density at radius 1 is 0.868 bits per heavy atom.